The molecular weight excluding hydrogens is 402 g/mol. The van der Waals surface area contributed by atoms with Crippen LogP contribution < -0.4 is 5.32 Å². The zero-order valence-electron chi connectivity index (χ0n) is 17.1. The minimum absolute atomic E-state index is 0.208. The van der Waals surface area contributed by atoms with Gasteiger partial charge in [-0.05, 0) is 48.6 Å². The minimum Gasteiger partial charge on any atom is -0.337 e. The maximum absolute atomic E-state index is 13.5. The molecule has 1 aliphatic rings. The molecule has 7 nitrogen and oxygen atoms in total. The maximum Gasteiger partial charge on any atom is 0.243 e. The van der Waals surface area contributed by atoms with E-state index in [4.69, 9.17) is 4.52 Å². The third-order valence-corrected chi connectivity index (χ3v) is 7.33. The van der Waals surface area contributed by atoms with Crippen LogP contribution in [0.3, 0.4) is 0 Å². The number of carbonyl (C=O) groups is 1. The lowest BCUT2D eigenvalue weighted by Gasteiger charge is -2.28. The van der Waals surface area contributed by atoms with Crippen molar-refractivity contribution < 1.29 is 17.7 Å². The van der Waals surface area contributed by atoms with E-state index in [1.807, 2.05) is 30.3 Å². The highest BCUT2D eigenvalue weighted by Gasteiger charge is 2.30. The van der Waals surface area contributed by atoms with Gasteiger partial charge in [0.1, 0.15) is 0 Å². The van der Waals surface area contributed by atoms with Crippen molar-refractivity contribution in [2.75, 3.05) is 11.9 Å². The van der Waals surface area contributed by atoms with Crippen molar-refractivity contribution in [2.45, 2.75) is 38.6 Å². The van der Waals surface area contributed by atoms with Crippen molar-refractivity contribution in [2.24, 2.45) is 0 Å². The van der Waals surface area contributed by atoms with Crippen molar-refractivity contribution in [3.8, 4) is 11.1 Å². The first kappa shape index (κ1) is 20.3. The van der Waals surface area contributed by atoms with Crippen LogP contribution in [0.1, 0.15) is 29.3 Å². The largest absolute Gasteiger partial charge is 0.337 e. The second-order valence-corrected chi connectivity index (χ2v) is 9.40. The third kappa shape index (κ3) is 3.64. The van der Waals surface area contributed by atoms with Crippen LogP contribution in [0.25, 0.3) is 11.1 Å². The number of hydrogen-bond donors (Lipinski definition) is 1. The molecule has 0 bridgehead atoms. The Morgan fingerprint density at radius 2 is 1.87 bits per heavy atom. The molecule has 1 aliphatic heterocycles. The van der Waals surface area contributed by atoms with Crippen LogP contribution >= 0.6 is 0 Å². The fourth-order valence-corrected chi connectivity index (χ4v) is 5.47. The zero-order chi connectivity index (χ0) is 21.5. The monoisotopic (exact) mass is 425 g/mol. The van der Waals surface area contributed by atoms with Crippen molar-refractivity contribution in [3.05, 3.63) is 64.8 Å². The normalized spacial score (nSPS) is 14.4. The summed E-state index contributed by atoms with van der Waals surface area (Å²) < 4.78 is 33.8. The van der Waals surface area contributed by atoms with Gasteiger partial charge in [0.15, 0.2) is 0 Å². The summed E-state index contributed by atoms with van der Waals surface area (Å²) in [5, 5.41) is 6.54. The number of fused-ring (bicyclic) bond motifs is 1. The Morgan fingerprint density at radius 3 is 2.60 bits per heavy atom. The summed E-state index contributed by atoms with van der Waals surface area (Å²) in [7, 11) is -3.70. The molecule has 0 spiro atoms. The number of rotatable bonds is 4. The SMILES string of the molecule is CC(=O)Nc1onc(C)c1-c1ccc(C)c(S(=O)(=O)N2CCc3ccccc3C2)c1. The van der Waals surface area contributed by atoms with Crippen LogP contribution in [0.5, 0.6) is 0 Å². The van der Waals surface area contributed by atoms with E-state index in [2.05, 4.69) is 10.5 Å². The molecule has 8 heteroatoms. The molecular formula is C22H23N3O4S. The van der Waals surface area contributed by atoms with Crippen molar-refractivity contribution in [3.63, 3.8) is 0 Å². The minimum atomic E-state index is -3.70. The molecule has 0 atom stereocenters. The van der Waals surface area contributed by atoms with Gasteiger partial charge in [0.2, 0.25) is 21.8 Å². The Bertz CT molecular complexity index is 1230. The first-order valence-electron chi connectivity index (χ1n) is 9.69. The summed E-state index contributed by atoms with van der Waals surface area (Å²) >= 11 is 0. The Labute approximate surface area is 175 Å². The summed E-state index contributed by atoms with van der Waals surface area (Å²) in [6.45, 7) is 5.70. The molecule has 2 aromatic carbocycles. The smallest absolute Gasteiger partial charge is 0.243 e. The summed E-state index contributed by atoms with van der Waals surface area (Å²) in [5.74, 6) is -0.0848. The van der Waals surface area contributed by atoms with E-state index in [1.54, 1.807) is 26.0 Å². The molecule has 30 heavy (non-hydrogen) atoms. The van der Waals surface area contributed by atoms with E-state index in [1.165, 1.54) is 16.8 Å². The van der Waals surface area contributed by atoms with E-state index in [9.17, 15) is 13.2 Å². The molecule has 3 aromatic rings. The maximum atomic E-state index is 13.5. The van der Waals surface area contributed by atoms with Crippen molar-refractivity contribution in [1.82, 2.24) is 9.46 Å². The first-order valence-corrected chi connectivity index (χ1v) is 11.1. The van der Waals surface area contributed by atoms with Gasteiger partial charge in [-0.2, -0.15) is 4.31 Å². The van der Waals surface area contributed by atoms with Crippen LogP contribution in [0.4, 0.5) is 5.88 Å². The number of anilines is 1. The van der Waals surface area contributed by atoms with E-state index in [-0.39, 0.29) is 16.7 Å². The molecule has 0 radical (unpaired) electrons. The van der Waals surface area contributed by atoms with Gasteiger partial charge in [0, 0.05) is 20.0 Å². The van der Waals surface area contributed by atoms with Gasteiger partial charge in [-0.25, -0.2) is 8.42 Å². The van der Waals surface area contributed by atoms with Crippen LogP contribution in [0.15, 0.2) is 51.9 Å². The standard InChI is InChI=1S/C22H23N3O4S/c1-14-8-9-18(21-15(2)24-29-22(21)23-16(3)26)12-20(14)30(27,28)25-11-10-17-6-4-5-7-19(17)13-25/h4-9,12H,10-11,13H2,1-3H3,(H,23,26). The van der Waals surface area contributed by atoms with E-state index >= 15 is 0 Å². The number of aryl methyl sites for hydroxylation is 2. The van der Waals surface area contributed by atoms with E-state index in [0.717, 1.165) is 5.56 Å². The summed E-state index contributed by atoms with van der Waals surface area (Å²) in [4.78, 5) is 11.7. The average molecular weight is 426 g/mol. The molecule has 0 fully saturated rings. The van der Waals surface area contributed by atoms with Gasteiger partial charge >= 0.3 is 0 Å². The number of hydrogen-bond acceptors (Lipinski definition) is 5. The number of carbonyl (C=O) groups excluding carboxylic acids is 1. The average Bonchev–Trinajstić information content (AvgIpc) is 3.07. The Kier molecular flexibility index (Phi) is 5.21. The quantitative estimate of drug-likeness (QED) is 0.689. The summed E-state index contributed by atoms with van der Waals surface area (Å²) in [5.41, 5.74) is 4.65. The Hall–Kier alpha value is -2.97. The first-order chi connectivity index (χ1) is 14.3. The lowest BCUT2D eigenvalue weighted by Crippen LogP contribution is -2.36. The van der Waals surface area contributed by atoms with Gasteiger partial charge in [0.05, 0.1) is 16.2 Å². The highest BCUT2D eigenvalue weighted by atomic mass is 32.2. The van der Waals surface area contributed by atoms with Crippen LogP contribution in [-0.4, -0.2) is 30.3 Å². The van der Waals surface area contributed by atoms with Crippen LogP contribution in [0.2, 0.25) is 0 Å². The number of nitrogens with zero attached hydrogens (tertiary/aromatic N) is 2. The highest BCUT2D eigenvalue weighted by molar-refractivity contribution is 7.89. The molecule has 1 aromatic heterocycles. The molecule has 4 rings (SSSR count). The van der Waals surface area contributed by atoms with E-state index in [0.29, 0.717) is 41.9 Å². The van der Waals surface area contributed by atoms with Gasteiger partial charge in [-0.15, -0.1) is 0 Å². The van der Waals surface area contributed by atoms with Gasteiger partial charge in [0.25, 0.3) is 0 Å². The fraction of sp³-hybridized carbons (Fsp3) is 0.273. The second-order valence-electron chi connectivity index (χ2n) is 7.49. The molecule has 0 saturated carbocycles. The molecule has 156 valence electrons. The van der Waals surface area contributed by atoms with Gasteiger partial charge in [-0.3, -0.25) is 10.1 Å². The zero-order valence-corrected chi connectivity index (χ0v) is 17.9. The molecule has 0 saturated heterocycles. The number of aromatic nitrogens is 1. The number of sulfonamides is 1. The van der Waals surface area contributed by atoms with Crippen LogP contribution in [-0.2, 0) is 27.8 Å². The second kappa shape index (κ2) is 7.70. The molecule has 1 amide bonds. The Morgan fingerprint density at radius 1 is 1.13 bits per heavy atom. The molecule has 2 heterocycles. The topological polar surface area (TPSA) is 92.5 Å². The van der Waals surface area contributed by atoms with Crippen LogP contribution in [0, 0.1) is 13.8 Å². The highest BCUT2D eigenvalue weighted by Crippen LogP contribution is 2.35. The fourth-order valence-electron chi connectivity index (χ4n) is 3.80. The molecule has 1 N–H and O–H groups in total. The van der Waals surface area contributed by atoms with E-state index < -0.39 is 10.0 Å². The summed E-state index contributed by atoms with van der Waals surface area (Å²) in [6, 6.07) is 13.1. The number of amides is 1. The van der Waals surface area contributed by atoms with Gasteiger partial charge in [-0.1, -0.05) is 41.6 Å². The number of nitrogens with one attached hydrogen (secondary N) is 1. The lowest BCUT2D eigenvalue weighted by atomic mass is 10.0. The van der Waals surface area contributed by atoms with Crippen molar-refractivity contribution >= 4 is 21.8 Å². The lowest BCUT2D eigenvalue weighted by molar-refractivity contribution is -0.114. The third-order valence-electron chi connectivity index (χ3n) is 5.34. The van der Waals surface area contributed by atoms with Crippen molar-refractivity contribution in [1.29, 1.82) is 0 Å². The molecule has 0 aliphatic carbocycles. The predicted octanol–water partition coefficient (Wildman–Crippen LogP) is 3.66. The number of benzene rings is 2. The summed E-state index contributed by atoms with van der Waals surface area (Å²) in [6.07, 6.45) is 0.686. The van der Waals surface area contributed by atoms with Gasteiger partial charge < -0.3 is 4.52 Å². The Balaban J connectivity index is 1.74. The molecule has 0 unspecified atom stereocenters. The predicted molar refractivity (Wildman–Crippen MR) is 113 cm³/mol.